The highest BCUT2D eigenvalue weighted by atomic mass is 79.9. The molecule has 0 bridgehead atoms. The molecule has 17 heavy (non-hydrogen) atoms. The van der Waals surface area contributed by atoms with Gasteiger partial charge in [-0.15, -0.1) is 4.72 Å². The molecular weight excluding hydrogens is 300 g/mol. The summed E-state index contributed by atoms with van der Waals surface area (Å²) in [5.74, 6) is 0. The number of nitrogens with one attached hydrogen (secondary N) is 1. The molecule has 0 aromatic carbocycles. The number of aromatic nitrogens is 1. The maximum atomic E-state index is 12.0. The molecule has 3 nitrogen and oxygen atoms in total. The fourth-order valence-electron chi connectivity index (χ4n) is 1.20. The van der Waals surface area contributed by atoms with Crippen LogP contribution in [0.15, 0.2) is 16.7 Å². The standard InChI is InChI=1S/C12H19BrN2OS/c1-8-6-11(14-7-10(8)13)9(2)15-17(16)12(3,4)5/h6-7,9,15H,1-5H3/t9-,17-/m0/s1. The van der Waals surface area contributed by atoms with Gasteiger partial charge in [-0.2, -0.15) is 0 Å². The van der Waals surface area contributed by atoms with E-state index < -0.39 is 11.4 Å². The van der Waals surface area contributed by atoms with Crippen LogP contribution in [-0.2, 0) is 11.4 Å². The molecule has 0 aliphatic carbocycles. The van der Waals surface area contributed by atoms with E-state index in [1.165, 1.54) is 0 Å². The van der Waals surface area contributed by atoms with Gasteiger partial charge < -0.3 is 4.55 Å². The van der Waals surface area contributed by atoms with Crippen molar-refractivity contribution in [3.63, 3.8) is 0 Å². The maximum absolute atomic E-state index is 12.0. The molecule has 96 valence electrons. The van der Waals surface area contributed by atoms with E-state index in [1.54, 1.807) is 6.20 Å². The minimum atomic E-state index is -1.08. The summed E-state index contributed by atoms with van der Waals surface area (Å²) >= 11 is 2.34. The van der Waals surface area contributed by atoms with Crippen LogP contribution in [0.4, 0.5) is 0 Å². The SMILES string of the molecule is Cc1cc([C@H](C)N[S@@+]([O-])C(C)(C)C)ncc1Br. The molecule has 0 radical (unpaired) electrons. The van der Waals surface area contributed by atoms with Crippen molar-refractivity contribution in [3.8, 4) is 0 Å². The van der Waals surface area contributed by atoms with Gasteiger partial charge in [-0.1, -0.05) is 0 Å². The van der Waals surface area contributed by atoms with Gasteiger partial charge in [-0.05, 0) is 62.2 Å². The van der Waals surface area contributed by atoms with Gasteiger partial charge in [-0.3, -0.25) is 4.98 Å². The van der Waals surface area contributed by atoms with Crippen LogP contribution < -0.4 is 4.72 Å². The zero-order chi connectivity index (χ0) is 13.2. The molecule has 5 heteroatoms. The third kappa shape index (κ3) is 4.25. The summed E-state index contributed by atoms with van der Waals surface area (Å²) < 4.78 is 15.8. The Bertz CT molecular complexity index is 393. The van der Waals surface area contributed by atoms with Crippen molar-refractivity contribution < 1.29 is 4.55 Å². The number of aryl methyl sites for hydroxylation is 1. The Balaban J connectivity index is 2.76. The highest BCUT2D eigenvalue weighted by molar-refractivity contribution is 9.10. The lowest BCUT2D eigenvalue weighted by atomic mass is 10.2. The third-order valence-electron chi connectivity index (χ3n) is 2.35. The number of nitrogens with zero attached hydrogens (tertiary/aromatic N) is 1. The van der Waals surface area contributed by atoms with Crippen LogP contribution >= 0.6 is 15.9 Å². The van der Waals surface area contributed by atoms with Crippen LogP contribution in [0.25, 0.3) is 0 Å². The number of hydrogen-bond donors (Lipinski definition) is 1. The first kappa shape index (κ1) is 15.0. The van der Waals surface area contributed by atoms with Gasteiger partial charge in [0.05, 0.1) is 11.7 Å². The Morgan fingerprint density at radius 1 is 1.47 bits per heavy atom. The average molecular weight is 319 g/mol. The molecule has 0 spiro atoms. The lowest BCUT2D eigenvalue weighted by Crippen LogP contribution is -2.40. The molecule has 2 atom stereocenters. The summed E-state index contributed by atoms with van der Waals surface area (Å²) in [6.45, 7) is 9.83. The summed E-state index contributed by atoms with van der Waals surface area (Å²) in [7, 11) is 0. The topological polar surface area (TPSA) is 48.0 Å². The van der Waals surface area contributed by atoms with Gasteiger partial charge >= 0.3 is 0 Å². The van der Waals surface area contributed by atoms with Crippen molar-refractivity contribution in [1.29, 1.82) is 0 Å². The van der Waals surface area contributed by atoms with Crippen molar-refractivity contribution in [1.82, 2.24) is 9.71 Å². The molecular formula is C12H19BrN2OS. The second kappa shape index (κ2) is 5.69. The molecule has 1 aromatic heterocycles. The van der Waals surface area contributed by atoms with Crippen molar-refractivity contribution in [2.75, 3.05) is 0 Å². The fraction of sp³-hybridized carbons (Fsp3) is 0.583. The van der Waals surface area contributed by atoms with Crippen molar-refractivity contribution in [3.05, 3.63) is 28.0 Å². The molecule has 0 saturated carbocycles. The monoisotopic (exact) mass is 318 g/mol. The molecule has 1 rings (SSSR count). The van der Waals surface area contributed by atoms with E-state index >= 15 is 0 Å². The Hall–Kier alpha value is -0.100. The molecule has 0 saturated heterocycles. The van der Waals surface area contributed by atoms with Gasteiger partial charge in [-0.25, -0.2) is 0 Å². The highest BCUT2D eigenvalue weighted by Gasteiger charge is 2.28. The average Bonchev–Trinajstić information content (AvgIpc) is 2.20. The Morgan fingerprint density at radius 3 is 2.53 bits per heavy atom. The number of rotatable bonds is 3. The van der Waals surface area contributed by atoms with Crippen LogP contribution in [-0.4, -0.2) is 14.3 Å². The van der Waals surface area contributed by atoms with E-state index in [9.17, 15) is 4.55 Å². The van der Waals surface area contributed by atoms with E-state index in [1.807, 2.05) is 40.7 Å². The van der Waals surface area contributed by atoms with Gasteiger partial charge in [0.15, 0.2) is 0 Å². The normalized spacial score (nSPS) is 15.7. The van der Waals surface area contributed by atoms with Gasteiger partial charge in [0, 0.05) is 22.0 Å². The molecule has 1 N–H and O–H groups in total. The second-order valence-corrected chi connectivity index (χ2v) is 7.93. The lowest BCUT2D eigenvalue weighted by Gasteiger charge is -2.26. The minimum Gasteiger partial charge on any atom is -0.598 e. The maximum Gasteiger partial charge on any atom is 0.136 e. The molecule has 0 fully saturated rings. The van der Waals surface area contributed by atoms with Gasteiger partial charge in [0.1, 0.15) is 4.75 Å². The first-order valence-electron chi connectivity index (χ1n) is 5.52. The smallest absolute Gasteiger partial charge is 0.136 e. The van der Waals surface area contributed by atoms with Crippen molar-refractivity contribution in [2.45, 2.75) is 45.4 Å². The van der Waals surface area contributed by atoms with Crippen molar-refractivity contribution in [2.24, 2.45) is 0 Å². The Labute approximate surface area is 115 Å². The molecule has 0 amide bonds. The molecule has 0 unspecified atom stereocenters. The molecule has 1 heterocycles. The predicted molar refractivity (Wildman–Crippen MR) is 76.1 cm³/mol. The Kier molecular flexibility index (Phi) is 5.01. The van der Waals surface area contributed by atoms with E-state index in [2.05, 4.69) is 25.6 Å². The van der Waals surface area contributed by atoms with Gasteiger partial charge in [0.2, 0.25) is 0 Å². The van der Waals surface area contributed by atoms with E-state index in [-0.39, 0.29) is 10.8 Å². The first-order chi connectivity index (χ1) is 7.71. The predicted octanol–water partition coefficient (Wildman–Crippen LogP) is 3.27. The summed E-state index contributed by atoms with van der Waals surface area (Å²) in [5.41, 5.74) is 2.04. The first-order valence-corrected chi connectivity index (χ1v) is 7.46. The zero-order valence-corrected chi connectivity index (χ0v) is 13.3. The Morgan fingerprint density at radius 2 is 2.06 bits per heavy atom. The molecule has 1 aromatic rings. The van der Waals surface area contributed by atoms with Crippen LogP contribution in [0, 0.1) is 6.92 Å². The van der Waals surface area contributed by atoms with Crippen LogP contribution in [0.3, 0.4) is 0 Å². The summed E-state index contributed by atoms with van der Waals surface area (Å²) in [6.07, 6.45) is 1.78. The van der Waals surface area contributed by atoms with E-state index in [0.717, 1.165) is 15.7 Å². The summed E-state index contributed by atoms with van der Waals surface area (Å²) in [4.78, 5) is 4.33. The number of halogens is 1. The molecule has 0 aliphatic heterocycles. The number of hydrogen-bond acceptors (Lipinski definition) is 3. The van der Waals surface area contributed by atoms with Crippen LogP contribution in [0.1, 0.15) is 45.0 Å². The van der Waals surface area contributed by atoms with Gasteiger partial charge in [0.25, 0.3) is 0 Å². The third-order valence-corrected chi connectivity index (χ3v) is 4.86. The van der Waals surface area contributed by atoms with Crippen LogP contribution in [0.5, 0.6) is 0 Å². The highest BCUT2D eigenvalue weighted by Crippen LogP contribution is 2.21. The van der Waals surface area contributed by atoms with E-state index in [4.69, 9.17) is 0 Å². The summed E-state index contributed by atoms with van der Waals surface area (Å²) in [6, 6.07) is 1.98. The largest absolute Gasteiger partial charge is 0.598 e. The minimum absolute atomic E-state index is 0.0261. The summed E-state index contributed by atoms with van der Waals surface area (Å²) in [5, 5.41) is 0. The quantitative estimate of drug-likeness (QED) is 0.870. The van der Waals surface area contributed by atoms with Crippen LogP contribution in [0.2, 0.25) is 0 Å². The zero-order valence-electron chi connectivity index (χ0n) is 10.9. The number of pyridine rings is 1. The lowest BCUT2D eigenvalue weighted by molar-refractivity contribution is 0.529. The molecule has 0 aliphatic rings. The van der Waals surface area contributed by atoms with Crippen molar-refractivity contribution >= 4 is 27.3 Å². The second-order valence-electron chi connectivity index (χ2n) is 5.08. The fourth-order valence-corrected chi connectivity index (χ4v) is 2.21. The van der Waals surface area contributed by atoms with E-state index in [0.29, 0.717) is 0 Å².